The summed E-state index contributed by atoms with van der Waals surface area (Å²) in [6.07, 6.45) is 12.7. The molecule has 0 saturated carbocycles. The number of carbonyl (C=O) groups is 1. The molecule has 1 aliphatic rings. The van der Waals surface area contributed by atoms with Crippen molar-refractivity contribution in [3.63, 3.8) is 0 Å². The molecule has 0 aliphatic carbocycles. The molecule has 1 aliphatic heterocycles. The molecule has 1 aromatic rings. The molecule has 4 heteroatoms. The monoisotopic (exact) mass is 334 g/mol. The number of cyclic esters (lactones) is 1. The van der Waals surface area contributed by atoms with Crippen LogP contribution in [0, 0.1) is 0 Å². The van der Waals surface area contributed by atoms with E-state index in [1.807, 2.05) is 0 Å². The zero-order valence-electron chi connectivity index (χ0n) is 14.7. The normalized spacial score (nSPS) is 16.7. The third-order valence-corrected chi connectivity index (χ3v) is 4.74. The molecule has 0 bridgehead atoms. The Morgan fingerprint density at radius 1 is 1.00 bits per heavy atom. The number of hydrogen-bond donors (Lipinski definition) is 2. The molecule has 4 nitrogen and oxygen atoms in total. The molecular formula is C20H30O4. The molecule has 134 valence electrons. The van der Waals surface area contributed by atoms with Crippen molar-refractivity contribution in [1.82, 2.24) is 0 Å². The van der Waals surface area contributed by atoms with Gasteiger partial charge in [0, 0.05) is 12.5 Å². The van der Waals surface area contributed by atoms with Gasteiger partial charge >= 0.3 is 5.97 Å². The molecule has 0 fully saturated rings. The number of carbonyl (C=O) groups excluding carboxylic acids is 1. The van der Waals surface area contributed by atoms with Crippen molar-refractivity contribution in [2.75, 3.05) is 0 Å². The van der Waals surface area contributed by atoms with Crippen molar-refractivity contribution in [2.24, 2.45) is 0 Å². The fraction of sp³-hybridized carbons (Fsp3) is 0.650. The Hall–Kier alpha value is -1.71. The summed E-state index contributed by atoms with van der Waals surface area (Å²) >= 11 is 0. The van der Waals surface area contributed by atoms with Crippen LogP contribution in [0.25, 0.3) is 0 Å². The van der Waals surface area contributed by atoms with E-state index in [4.69, 9.17) is 4.74 Å². The van der Waals surface area contributed by atoms with Gasteiger partial charge in [0.25, 0.3) is 0 Å². The highest BCUT2D eigenvalue weighted by Gasteiger charge is 2.29. The van der Waals surface area contributed by atoms with Gasteiger partial charge in [-0.2, -0.15) is 0 Å². The maximum Gasteiger partial charge on any atom is 0.342 e. The molecule has 0 aromatic heterocycles. The summed E-state index contributed by atoms with van der Waals surface area (Å²) in [5.74, 6) is -0.686. The highest BCUT2D eigenvalue weighted by Crippen LogP contribution is 2.33. The molecule has 1 atom stereocenters. The predicted molar refractivity (Wildman–Crippen MR) is 94.5 cm³/mol. The van der Waals surface area contributed by atoms with Crippen LogP contribution in [-0.4, -0.2) is 22.3 Å². The number of esters is 1. The molecule has 1 heterocycles. The maximum atomic E-state index is 12.0. The van der Waals surface area contributed by atoms with Crippen LogP contribution in [0.2, 0.25) is 0 Å². The Morgan fingerprint density at radius 2 is 1.62 bits per heavy atom. The number of benzene rings is 1. The SMILES string of the molecule is CCCCCCCCCCC[C@@H]1Cc2cc(O)cc(O)c2C(=O)O1. The van der Waals surface area contributed by atoms with E-state index in [1.54, 1.807) is 6.07 Å². The van der Waals surface area contributed by atoms with Gasteiger partial charge in [-0.1, -0.05) is 58.3 Å². The zero-order valence-corrected chi connectivity index (χ0v) is 14.7. The van der Waals surface area contributed by atoms with E-state index in [0.717, 1.165) is 12.8 Å². The molecule has 2 rings (SSSR count). The van der Waals surface area contributed by atoms with E-state index < -0.39 is 5.97 Å². The quantitative estimate of drug-likeness (QED) is 0.461. The van der Waals surface area contributed by atoms with Crippen molar-refractivity contribution >= 4 is 5.97 Å². The van der Waals surface area contributed by atoms with Gasteiger partial charge in [0.2, 0.25) is 0 Å². The summed E-state index contributed by atoms with van der Waals surface area (Å²) in [5.41, 5.74) is 0.890. The standard InChI is InChI=1S/C20H30O4/c1-2-3-4-5-6-7-8-9-10-11-17-13-15-12-16(21)14-18(22)19(15)20(23)24-17/h12,14,17,21-22H,2-11,13H2,1H3/t17-/m1/s1. The zero-order chi connectivity index (χ0) is 17.4. The second kappa shape index (κ2) is 9.55. The fourth-order valence-corrected chi connectivity index (χ4v) is 3.41. The van der Waals surface area contributed by atoms with Gasteiger partial charge in [-0.25, -0.2) is 4.79 Å². The average Bonchev–Trinajstić information content (AvgIpc) is 2.52. The van der Waals surface area contributed by atoms with Gasteiger partial charge < -0.3 is 14.9 Å². The lowest BCUT2D eigenvalue weighted by Crippen LogP contribution is -2.27. The summed E-state index contributed by atoms with van der Waals surface area (Å²) in [5, 5.41) is 19.4. The van der Waals surface area contributed by atoms with Crippen LogP contribution in [0.3, 0.4) is 0 Å². The van der Waals surface area contributed by atoms with E-state index >= 15 is 0 Å². The van der Waals surface area contributed by atoms with Crippen molar-refractivity contribution in [3.05, 3.63) is 23.3 Å². The minimum atomic E-state index is -0.477. The first-order valence-corrected chi connectivity index (χ1v) is 9.37. The van der Waals surface area contributed by atoms with Gasteiger partial charge in [-0.05, 0) is 24.5 Å². The summed E-state index contributed by atoms with van der Waals surface area (Å²) in [6, 6.07) is 2.74. The van der Waals surface area contributed by atoms with Crippen LogP contribution < -0.4 is 0 Å². The Balaban J connectivity index is 1.67. The second-order valence-electron chi connectivity index (χ2n) is 6.85. The van der Waals surface area contributed by atoms with Crippen LogP contribution in [0.5, 0.6) is 11.5 Å². The summed E-state index contributed by atoms with van der Waals surface area (Å²) < 4.78 is 5.42. The number of phenols is 2. The van der Waals surface area contributed by atoms with Crippen molar-refractivity contribution < 1.29 is 19.7 Å². The van der Waals surface area contributed by atoms with Gasteiger partial charge in [0.1, 0.15) is 23.2 Å². The third-order valence-electron chi connectivity index (χ3n) is 4.74. The minimum Gasteiger partial charge on any atom is -0.508 e. The number of fused-ring (bicyclic) bond motifs is 1. The van der Waals surface area contributed by atoms with Crippen LogP contribution in [0.15, 0.2) is 12.1 Å². The van der Waals surface area contributed by atoms with Crippen molar-refractivity contribution in [3.8, 4) is 11.5 Å². The lowest BCUT2D eigenvalue weighted by atomic mass is 9.94. The second-order valence-corrected chi connectivity index (χ2v) is 6.85. The maximum absolute atomic E-state index is 12.0. The number of ether oxygens (including phenoxy) is 1. The van der Waals surface area contributed by atoms with E-state index in [-0.39, 0.29) is 23.2 Å². The third kappa shape index (κ3) is 5.43. The number of aromatic hydroxyl groups is 2. The van der Waals surface area contributed by atoms with E-state index in [1.165, 1.54) is 57.4 Å². The largest absolute Gasteiger partial charge is 0.508 e. The van der Waals surface area contributed by atoms with Crippen LogP contribution in [0.4, 0.5) is 0 Å². The van der Waals surface area contributed by atoms with Gasteiger partial charge in [0.05, 0.1) is 0 Å². The first kappa shape index (κ1) is 18.6. The molecule has 0 saturated heterocycles. The van der Waals surface area contributed by atoms with E-state index in [2.05, 4.69) is 6.92 Å². The van der Waals surface area contributed by atoms with Gasteiger partial charge in [-0.3, -0.25) is 0 Å². The molecule has 2 N–H and O–H groups in total. The number of rotatable bonds is 10. The topological polar surface area (TPSA) is 66.8 Å². The first-order chi connectivity index (χ1) is 11.6. The molecule has 24 heavy (non-hydrogen) atoms. The van der Waals surface area contributed by atoms with Crippen LogP contribution in [0.1, 0.15) is 87.1 Å². The summed E-state index contributed by atoms with van der Waals surface area (Å²) in [4.78, 5) is 12.0. The highest BCUT2D eigenvalue weighted by atomic mass is 16.5. The number of unbranched alkanes of at least 4 members (excludes halogenated alkanes) is 8. The van der Waals surface area contributed by atoms with Crippen molar-refractivity contribution in [2.45, 2.75) is 83.7 Å². The molecule has 0 radical (unpaired) electrons. The van der Waals surface area contributed by atoms with E-state index in [9.17, 15) is 15.0 Å². The molecule has 0 unspecified atom stereocenters. The predicted octanol–water partition coefficient (Wildman–Crippen LogP) is 5.10. The van der Waals surface area contributed by atoms with Crippen LogP contribution in [-0.2, 0) is 11.2 Å². The fourth-order valence-electron chi connectivity index (χ4n) is 3.41. The van der Waals surface area contributed by atoms with E-state index in [0.29, 0.717) is 12.0 Å². The molecular weight excluding hydrogens is 304 g/mol. The number of hydrogen-bond acceptors (Lipinski definition) is 4. The average molecular weight is 334 g/mol. The molecule has 0 amide bonds. The Morgan fingerprint density at radius 3 is 2.29 bits per heavy atom. The molecule has 1 aromatic carbocycles. The first-order valence-electron chi connectivity index (χ1n) is 9.37. The Labute approximate surface area is 144 Å². The van der Waals surface area contributed by atoms with Gasteiger partial charge in [0.15, 0.2) is 0 Å². The minimum absolute atomic E-state index is 0.0113. The highest BCUT2D eigenvalue weighted by molar-refractivity contribution is 5.95. The smallest absolute Gasteiger partial charge is 0.342 e. The van der Waals surface area contributed by atoms with Gasteiger partial charge in [-0.15, -0.1) is 0 Å². The lowest BCUT2D eigenvalue weighted by Gasteiger charge is -2.25. The number of phenolic OH excluding ortho intramolecular Hbond substituents is 2. The summed E-state index contributed by atoms with van der Waals surface area (Å²) in [7, 11) is 0. The lowest BCUT2D eigenvalue weighted by molar-refractivity contribution is 0.0227. The Kier molecular flexibility index (Phi) is 7.41. The Bertz CT molecular complexity index is 539. The van der Waals surface area contributed by atoms with Crippen molar-refractivity contribution in [1.29, 1.82) is 0 Å². The van der Waals surface area contributed by atoms with Crippen LogP contribution >= 0.6 is 0 Å². The summed E-state index contributed by atoms with van der Waals surface area (Å²) in [6.45, 7) is 2.24. The molecule has 0 spiro atoms.